The van der Waals surface area contributed by atoms with Crippen LogP contribution in [0.25, 0.3) is 0 Å². The van der Waals surface area contributed by atoms with Crippen LogP contribution in [0, 0.1) is 0 Å². The van der Waals surface area contributed by atoms with Crippen molar-refractivity contribution in [2.24, 2.45) is 4.99 Å². The van der Waals surface area contributed by atoms with Crippen molar-refractivity contribution in [3.63, 3.8) is 0 Å². The Labute approximate surface area is 61.9 Å². The van der Waals surface area contributed by atoms with E-state index in [0.29, 0.717) is 0 Å². The van der Waals surface area contributed by atoms with Gasteiger partial charge in [-0.15, -0.1) is 0 Å². The van der Waals surface area contributed by atoms with E-state index in [0.717, 1.165) is 0 Å². The van der Waals surface area contributed by atoms with Gasteiger partial charge in [0.05, 0.1) is 0 Å². The van der Waals surface area contributed by atoms with Crippen LogP contribution >= 0.6 is 0 Å². The van der Waals surface area contributed by atoms with E-state index < -0.39 is 0 Å². The summed E-state index contributed by atoms with van der Waals surface area (Å²) in [5.41, 5.74) is 4.37. The monoisotopic (exact) mass is 135 g/mol. The van der Waals surface area contributed by atoms with Crippen LogP contribution in [0.15, 0.2) is 16.3 Å². The third-order valence-electron chi connectivity index (χ3n) is 2.35. The van der Waals surface area contributed by atoms with E-state index in [1.54, 1.807) is 5.57 Å². The lowest BCUT2D eigenvalue weighted by Crippen LogP contribution is -1.93. The van der Waals surface area contributed by atoms with E-state index in [4.69, 9.17) is 0 Å². The standard InChI is InChI=1S/C9H13N/c1-7-6-8-4-2-3-5-9(8)10-7/h2-6H2,1H3. The summed E-state index contributed by atoms with van der Waals surface area (Å²) in [6, 6.07) is 0. The molecule has 0 spiro atoms. The van der Waals surface area contributed by atoms with E-state index in [9.17, 15) is 0 Å². The van der Waals surface area contributed by atoms with E-state index in [2.05, 4.69) is 11.9 Å². The minimum Gasteiger partial charge on any atom is -0.262 e. The van der Waals surface area contributed by atoms with Gasteiger partial charge in [0.25, 0.3) is 0 Å². The minimum atomic E-state index is 1.18. The van der Waals surface area contributed by atoms with Gasteiger partial charge in [0, 0.05) is 17.8 Å². The van der Waals surface area contributed by atoms with Crippen molar-refractivity contribution in [2.45, 2.75) is 39.0 Å². The molecule has 1 heteroatoms. The summed E-state index contributed by atoms with van der Waals surface area (Å²) in [5.74, 6) is 0. The molecule has 0 bridgehead atoms. The molecule has 1 aliphatic carbocycles. The van der Waals surface area contributed by atoms with Crippen LogP contribution in [-0.2, 0) is 0 Å². The maximum atomic E-state index is 4.51. The van der Waals surface area contributed by atoms with Crippen molar-refractivity contribution in [2.75, 3.05) is 0 Å². The first-order valence-corrected chi connectivity index (χ1v) is 4.11. The molecule has 0 radical (unpaired) electrons. The van der Waals surface area contributed by atoms with Crippen LogP contribution in [0.4, 0.5) is 0 Å². The molecular formula is C9H13N. The first-order chi connectivity index (χ1) is 4.86. The highest BCUT2D eigenvalue weighted by molar-refractivity contribution is 5.87. The zero-order chi connectivity index (χ0) is 6.97. The fourth-order valence-electron chi connectivity index (χ4n) is 1.86. The third-order valence-corrected chi connectivity index (χ3v) is 2.35. The maximum Gasteiger partial charge on any atom is 0.0398 e. The highest BCUT2D eigenvalue weighted by atomic mass is 14.8. The quantitative estimate of drug-likeness (QED) is 0.484. The normalized spacial score (nSPS) is 24.7. The number of hydrogen-bond donors (Lipinski definition) is 0. The lowest BCUT2D eigenvalue weighted by molar-refractivity contribution is 0.670. The summed E-state index contributed by atoms with van der Waals surface area (Å²) in [6.07, 6.45) is 6.48. The fraction of sp³-hybridized carbons (Fsp3) is 0.667. The van der Waals surface area contributed by atoms with E-state index >= 15 is 0 Å². The summed E-state index contributed by atoms with van der Waals surface area (Å²) in [7, 11) is 0. The second-order valence-electron chi connectivity index (χ2n) is 3.28. The number of nitrogens with zero attached hydrogens (tertiary/aromatic N) is 1. The largest absolute Gasteiger partial charge is 0.262 e. The SMILES string of the molecule is CC1=NC2=C(CCCC2)C1. The summed E-state index contributed by atoms with van der Waals surface area (Å²) in [6.45, 7) is 2.14. The first-order valence-electron chi connectivity index (χ1n) is 4.11. The number of rotatable bonds is 0. The Hall–Kier alpha value is -0.590. The molecule has 1 heterocycles. The lowest BCUT2D eigenvalue weighted by atomic mass is 9.96. The molecular weight excluding hydrogens is 122 g/mol. The van der Waals surface area contributed by atoms with Gasteiger partial charge < -0.3 is 0 Å². The predicted octanol–water partition coefficient (Wildman–Crippen LogP) is 2.68. The Morgan fingerprint density at radius 3 is 2.80 bits per heavy atom. The summed E-state index contributed by atoms with van der Waals surface area (Å²) in [5, 5.41) is 0. The smallest absolute Gasteiger partial charge is 0.0398 e. The summed E-state index contributed by atoms with van der Waals surface area (Å²) < 4.78 is 0. The van der Waals surface area contributed by atoms with Gasteiger partial charge in [-0.3, -0.25) is 4.99 Å². The topological polar surface area (TPSA) is 12.4 Å². The van der Waals surface area contributed by atoms with Gasteiger partial charge in [-0.1, -0.05) is 0 Å². The molecule has 0 saturated carbocycles. The van der Waals surface area contributed by atoms with Gasteiger partial charge in [-0.2, -0.15) is 0 Å². The maximum absolute atomic E-state index is 4.51. The first kappa shape index (κ1) is 6.14. The van der Waals surface area contributed by atoms with Crippen LogP contribution in [0.3, 0.4) is 0 Å². The van der Waals surface area contributed by atoms with Crippen LogP contribution in [0.5, 0.6) is 0 Å². The highest BCUT2D eigenvalue weighted by Crippen LogP contribution is 2.32. The average molecular weight is 135 g/mol. The Morgan fingerprint density at radius 2 is 2.00 bits per heavy atom. The van der Waals surface area contributed by atoms with E-state index in [1.807, 2.05) is 0 Å². The molecule has 10 heavy (non-hydrogen) atoms. The zero-order valence-electron chi connectivity index (χ0n) is 6.48. The van der Waals surface area contributed by atoms with E-state index in [1.165, 1.54) is 43.5 Å². The number of hydrogen-bond acceptors (Lipinski definition) is 1. The molecule has 1 nitrogen and oxygen atoms in total. The molecule has 0 fully saturated rings. The average Bonchev–Trinajstić information content (AvgIpc) is 2.27. The van der Waals surface area contributed by atoms with Crippen molar-refractivity contribution >= 4 is 5.71 Å². The van der Waals surface area contributed by atoms with Crippen molar-refractivity contribution in [1.29, 1.82) is 0 Å². The molecule has 0 aromatic carbocycles. The molecule has 0 aromatic rings. The van der Waals surface area contributed by atoms with Crippen molar-refractivity contribution in [1.82, 2.24) is 0 Å². The van der Waals surface area contributed by atoms with Gasteiger partial charge in [0.1, 0.15) is 0 Å². The molecule has 0 unspecified atom stereocenters. The van der Waals surface area contributed by atoms with Crippen molar-refractivity contribution in [3.8, 4) is 0 Å². The Balaban J connectivity index is 2.22. The van der Waals surface area contributed by atoms with Gasteiger partial charge in [-0.25, -0.2) is 0 Å². The molecule has 0 amide bonds. The lowest BCUT2D eigenvalue weighted by Gasteiger charge is -2.10. The van der Waals surface area contributed by atoms with Crippen molar-refractivity contribution in [3.05, 3.63) is 11.3 Å². The second kappa shape index (κ2) is 2.22. The molecule has 2 aliphatic rings. The van der Waals surface area contributed by atoms with Gasteiger partial charge >= 0.3 is 0 Å². The molecule has 0 aromatic heterocycles. The van der Waals surface area contributed by atoms with Crippen LogP contribution in [0.1, 0.15) is 39.0 Å². The molecule has 0 saturated heterocycles. The van der Waals surface area contributed by atoms with Crippen molar-refractivity contribution < 1.29 is 0 Å². The minimum absolute atomic E-state index is 1.18. The Morgan fingerprint density at radius 1 is 1.20 bits per heavy atom. The number of allylic oxidation sites excluding steroid dienone is 2. The second-order valence-corrected chi connectivity index (χ2v) is 3.28. The fourth-order valence-corrected chi connectivity index (χ4v) is 1.86. The van der Waals surface area contributed by atoms with Crippen LogP contribution < -0.4 is 0 Å². The third kappa shape index (κ3) is 0.898. The van der Waals surface area contributed by atoms with E-state index in [-0.39, 0.29) is 0 Å². The van der Waals surface area contributed by atoms with Crippen LogP contribution in [0.2, 0.25) is 0 Å². The highest BCUT2D eigenvalue weighted by Gasteiger charge is 2.17. The zero-order valence-corrected chi connectivity index (χ0v) is 6.48. The molecule has 54 valence electrons. The number of aliphatic imine (C=N–C) groups is 1. The molecule has 0 atom stereocenters. The summed E-state index contributed by atoms with van der Waals surface area (Å²) >= 11 is 0. The van der Waals surface area contributed by atoms with Crippen LogP contribution in [-0.4, -0.2) is 5.71 Å². The molecule has 2 rings (SSSR count). The molecule has 0 N–H and O–H groups in total. The van der Waals surface area contributed by atoms with Gasteiger partial charge in [-0.05, 0) is 38.2 Å². The van der Waals surface area contributed by atoms with Gasteiger partial charge in [0.2, 0.25) is 0 Å². The Kier molecular flexibility index (Phi) is 1.37. The van der Waals surface area contributed by atoms with Gasteiger partial charge in [0.15, 0.2) is 0 Å². The molecule has 1 aliphatic heterocycles. The summed E-state index contributed by atoms with van der Waals surface area (Å²) in [4.78, 5) is 4.51. The predicted molar refractivity (Wildman–Crippen MR) is 43.2 cm³/mol. The Bertz CT molecular complexity index is 211.